The van der Waals surface area contributed by atoms with E-state index < -0.39 is 0 Å². The van der Waals surface area contributed by atoms with Crippen molar-refractivity contribution in [2.24, 2.45) is 0 Å². The molecule has 4 nitrogen and oxygen atoms in total. The van der Waals surface area contributed by atoms with Gasteiger partial charge >= 0.3 is 0 Å². The largest absolute Gasteiger partial charge is 0.495 e. The van der Waals surface area contributed by atoms with Crippen molar-refractivity contribution in [1.29, 1.82) is 0 Å². The van der Waals surface area contributed by atoms with Crippen molar-refractivity contribution >= 4 is 0 Å². The molecule has 1 aliphatic rings. The second kappa shape index (κ2) is 6.55. The number of aromatic nitrogens is 1. The van der Waals surface area contributed by atoms with E-state index in [1.54, 1.807) is 13.3 Å². The number of nitrogens with zero attached hydrogens (tertiary/aromatic N) is 2. The van der Waals surface area contributed by atoms with Gasteiger partial charge in [0.25, 0.3) is 0 Å². The zero-order valence-electron chi connectivity index (χ0n) is 13.1. The fourth-order valence-electron chi connectivity index (χ4n) is 3.38. The van der Waals surface area contributed by atoms with E-state index in [9.17, 15) is 0 Å². The quantitative estimate of drug-likeness (QED) is 0.867. The topological polar surface area (TPSA) is 37.4 Å². The van der Waals surface area contributed by atoms with Crippen molar-refractivity contribution in [3.63, 3.8) is 0 Å². The lowest BCUT2D eigenvalue weighted by Crippen LogP contribution is -2.52. The van der Waals surface area contributed by atoms with Gasteiger partial charge in [0.1, 0.15) is 5.75 Å². The molecule has 0 aliphatic carbocycles. The third-order valence-electron chi connectivity index (χ3n) is 4.76. The summed E-state index contributed by atoms with van der Waals surface area (Å²) in [5, 5.41) is 3.50. The fraction of sp³-hybridized carbons (Fsp3) is 0.688. The maximum Gasteiger partial charge on any atom is 0.137 e. The molecule has 0 aromatic carbocycles. The maximum atomic E-state index is 5.32. The van der Waals surface area contributed by atoms with E-state index >= 15 is 0 Å². The van der Waals surface area contributed by atoms with Gasteiger partial charge in [-0.15, -0.1) is 0 Å². The number of pyridine rings is 1. The molecule has 2 atom stereocenters. The zero-order chi connectivity index (χ0) is 14.6. The van der Waals surface area contributed by atoms with E-state index in [1.807, 2.05) is 13.2 Å². The van der Waals surface area contributed by atoms with Crippen LogP contribution in [-0.4, -0.2) is 42.7 Å². The second-order valence-corrected chi connectivity index (χ2v) is 5.78. The van der Waals surface area contributed by atoms with Gasteiger partial charge in [-0.2, -0.15) is 0 Å². The second-order valence-electron chi connectivity index (χ2n) is 5.78. The number of ether oxygens (including phenoxy) is 1. The van der Waals surface area contributed by atoms with Crippen molar-refractivity contribution in [3.8, 4) is 5.75 Å². The highest BCUT2D eigenvalue weighted by Crippen LogP contribution is 2.36. The lowest BCUT2D eigenvalue weighted by Gasteiger charge is -2.44. The van der Waals surface area contributed by atoms with Crippen LogP contribution in [0.2, 0.25) is 0 Å². The third kappa shape index (κ3) is 2.81. The van der Waals surface area contributed by atoms with Gasteiger partial charge in [-0.25, -0.2) is 0 Å². The summed E-state index contributed by atoms with van der Waals surface area (Å²) in [6, 6.07) is 2.35. The number of methoxy groups -OCH3 is 1. The molecule has 1 fully saturated rings. The standard InChI is InChI=1S/C16H27N3O/c1-5-16(2,19-8-6-7-9-19)15(17-3)13-10-14(20-4)12-18-11-13/h10-12,15,17H,5-9H2,1-4H3. The Morgan fingerprint density at radius 3 is 2.65 bits per heavy atom. The fourth-order valence-corrected chi connectivity index (χ4v) is 3.38. The molecule has 2 rings (SSSR count). The summed E-state index contributed by atoms with van der Waals surface area (Å²) in [4.78, 5) is 6.93. The summed E-state index contributed by atoms with van der Waals surface area (Å²) in [6.07, 6.45) is 7.43. The van der Waals surface area contributed by atoms with E-state index in [1.165, 1.54) is 31.5 Å². The highest BCUT2D eigenvalue weighted by molar-refractivity contribution is 5.28. The van der Waals surface area contributed by atoms with Crippen LogP contribution in [0.15, 0.2) is 18.5 Å². The first kappa shape index (κ1) is 15.3. The Bertz CT molecular complexity index is 431. The van der Waals surface area contributed by atoms with Gasteiger partial charge < -0.3 is 10.1 Å². The van der Waals surface area contributed by atoms with Crippen LogP contribution in [0, 0.1) is 0 Å². The van der Waals surface area contributed by atoms with Crippen LogP contribution >= 0.6 is 0 Å². The van der Waals surface area contributed by atoms with Crippen LogP contribution in [0.1, 0.15) is 44.7 Å². The summed E-state index contributed by atoms with van der Waals surface area (Å²) in [6.45, 7) is 7.02. The van der Waals surface area contributed by atoms with Crippen LogP contribution < -0.4 is 10.1 Å². The van der Waals surface area contributed by atoms with Crippen LogP contribution in [0.5, 0.6) is 5.75 Å². The zero-order valence-corrected chi connectivity index (χ0v) is 13.1. The average molecular weight is 277 g/mol. The first-order chi connectivity index (χ1) is 9.65. The Morgan fingerprint density at radius 1 is 1.40 bits per heavy atom. The minimum Gasteiger partial charge on any atom is -0.495 e. The molecule has 0 amide bonds. The van der Waals surface area contributed by atoms with Gasteiger partial charge in [-0.3, -0.25) is 9.88 Å². The van der Waals surface area contributed by atoms with E-state index in [0.29, 0.717) is 0 Å². The molecule has 4 heteroatoms. The number of likely N-dealkylation sites (tertiary alicyclic amines) is 1. The normalized spacial score (nSPS) is 20.6. The minimum atomic E-state index is 0.110. The molecule has 1 aromatic rings. The van der Waals surface area contributed by atoms with Crippen molar-refractivity contribution < 1.29 is 4.74 Å². The molecule has 0 saturated carbocycles. The summed E-state index contributed by atoms with van der Waals surface area (Å²) in [5.74, 6) is 0.822. The van der Waals surface area contributed by atoms with Gasteiger partial charge in [0.2, 0.25) is 0 Å². The molecule has 2 unspecified atom stereocenters. The van der Waals surface area contributed by atoms with Crippen molar-refractivity contribution in [1.82, 2.24) is 15.2 Å². The number of hydrogen-bond donors (Lipinski definition) is 1. The monoisotopic (exact) mass is 277 g/mol. The molecular weight excluding hydrogens is 250 g/mol. The maximum absolute atomic E-state index is 5.32. The molecule has 112 valence electrons. The lowest BCUT2D eigenvalue weighted by molar-refractivity contribution is 0.0870. The third-order valence-corrected chi connectivity index (χ3v) is 4.76. The Labute approximate surface area is 122 Å². The number of likely N-dealkylation sites (N-methyl/N-ethyl adjacent to an activating group) is 1. The predicted molar refractivity (Wildman–Crippen MR) is 82.1 cm³/mol. The smallest absolute Gasteiger partial charge is 0.137 e. The van der Waals surface area contributed by atoms with Crippen LogP contribution in [0.4, 0.5) is 0 Å². The Morgan fingerprint density at radius 2 is 2.10 bits per heavy atom. The highest BCUT2D eigenvalue weighted by atomic mass is 16.5. The SMILES string of the molecule is CCC(C)(C(NC)c1cncc(OC)c1)N1CCCC1. The molecular formula is C16H27N3O. The van der Waals surface area contributed by atoms with Gasteiger partial charge in [0.05, 0.1) is 19.3 Å². The highest BCUT2D eigenvalue weighted by Gasteiger charge is 2.39. The Hall–Kier alpha value is -1.13. The van der Waals surface area contributed by atoms with E-state index in [0.717, 1.165) is 12.2 Å². The number of nitrogens with one attached hydrogen (secondary N) is 1. The van der Waals surface area contributed by atoms with E-state index in [2.05, 4.69) is 35.1 Å². The van der Waals surface area contributed by atoms with Gasteiger partial charge in [-0.05, 0) is 58.0 Å². The minimum absolute atomic E-state index is 0.110. The van der Waals surface area contributed by atoms with Crippen LogP contribution in [-0.2, 0) is 0 Å². The predicted octanol–water partition coefficient (Wildman–Crippen LogP) is 2.62. The number of rotatable bonds is 6. The average Bonchev–Trinajstić information content (AvgIpc) is 3.02. The van der Waals surface area contributed by atoms with E-state index in [-0.39, 0.29) is 11.6 Å². The van der Waals surface area contributed by atoms with Crippen molar-refractivity contribution in [2.75, 3.05) is 27.2 Å². The van der Waals surface area contributed by atoms with Crippen LogP contribution in [0.25, 0.3) is 0 Å². The summed E-state index contributed by atoms with van der Waals surface area (Å²) >= 11 is 0. The van der Waals surface area contributed by atoms with Gasteiger partial charge in [-0.1, -0.05) is 6.92 Å². The molecule has 0 spiro atoms. The Balaban J connectivity index is 2.32. The summed E-state index contributed by atoms with van der Waals surface area (Å²) < 4.78 is 5.32. The van der Waals surface area contributed by atoms with E-state index in [4.69, 9.17) is 4.74 Å². The molecule has 2 heterocycles. The molecule has 0 bridgehead atoms. The first-order valence-electron chi connectivity index (χ1n) is 7.57. The number of hydrogen-bond acceptors (Lipinski definition) is 4. The molecule has 1 saturated heterocycles. The van der Waals surface area contributed by atoms with Crippen molar-refractivity contribution in [2.45, 2.75) is 44.7 Å². The van der Waals surface area contributed by atoms with Crippen LogP contribution in [0.3, 0.4) is 0 Å². The first-order valence-corrected chi connectivity index (χ1v) is 7.57. The molecule has 0 radical (unpaired) electrons. The Kier molecular flexibility index (Phi) is 5.00. The molecule has 1 aromatic heterocycles. The molecule has 20 heavy (non-hydrogen) atoms. The summed E-state index contributed by atoms with van der Waals surface area (Å²) in [7, 11) is 3.72. The van der Waals surface area contributed by atoms with Gasteiger partial charge in [0.15, 0.2) is 0 Å². The van der Waals surface area contributed by atoms with Crippen molar-refractivity contribution in [3.05, 3.63) is 24.0 Å². The molecule has 1 N–H and O–H groups in total. The summed E-state index contributed by atoms with van der Waals surface area (Å²) in [5.41, 5.74) is 1.31. The lowest BCUT2D eigenvalue weighted by atomic mass is 9.83. The molecule has 1 aliphatic heterocycles. The van der Waals surface area contributed by atoms with Gasteiger partial charge in [0, 0.05) is 11.7 Å².